The van der Waals surface area contributed by atoms with E-state index in [9.17, 15) is 14.9 Å². The fourth-order valence-corrected chi connectivity index (χ4v) is 3.34. The number of Topliss-reactive ketones (excluding diaryl/α,β-unsaturated/α-hetero) is 1. The van der Waals surface area contributed by atoms with E-state index >= 15 is 0 Å². The Morgan fingerprint density at radius 3 is 2.57 bits per heavy atom. The number of hydrazone groups is 1. The monoisotopic (exact) mass is 414 g/mol. The number of halogens is 2. The van der Waals surface area contributed by atoms with Crippen LogP contribution >= 0.6 is 23.2 Å². The van der Waals surface area contributed by atoms with E-state index in [1.807, 2.05) is 36.4 Å². The SMILES string of the molecule is CC(=O)C1CC(C(=O)NC(C#N)c2cccc(Cl)c2Cl)=NN1c1ccccc1. The van der Waals surface area contributed by atoms with Gasteiger partial charge in [-0.05, 0) is 25.1 Å². The van der Waals surface area contributed by atoms with Crippen LogP contribution in [0.5, 0.6) is 0 Å². The summed E-state index contributed by atoms with van der Waals surface area (Å²) in [6, 6.07) is 14.4. The second-order valence-corrected chi connectivity index (χ2v) is 7.02. The van der Waals surface area contributed by atoms with Crippen LogP contribution in [-0.4, -0.2) is 23.4 Å². The largest absolute Gasteiger partial charge is 0.331 e. The average molecular weight is 415 g/mol. The minimum atomic E-state index is -0.997. The Bertz CT molecular complexity index is 985. The lowest BCUT2D eigenvalue weighted by molar-refractivity contribution is -0.118. The molecule has 1 N–H and O–H groups in total. The first-order valence-electron chi connectivity index (χ1n) is 8.49. The van der Waals surface area contributed by atoms with Gasteiger partial charge in [0.1, 0.15) is 17.8 Å². The number of nitrogens with one attached hydrogen (secondary N) is 1. The number of carbonyl (C=O) groups excluding carboxylic acids is 2. The van der Waals surface area contributed by atoms with Crippen molar-refractivity contribution in [1.29, 1.82) is 5.26 Å². The molecule has 0 radical (unpaired) electrons. The number of rotatable bonds is 5. The van der Waals surface area contributed by atoms with Crippen LogP contribution in [0.2, 0.25) is 10.0 Å². The second kappa shape index (κ2) is 8.42. The van der Waals surface area contributed by atoms with E-state index in [1.54, 1.807) is 18.2 Å². The molecule has 0 aliphatic carbocycles. The molecule has 3 rings (SSSR count). The van der Waals surface area contributed by atoms with E-state index in [-0.39, 0.29) is 22.9 Å². The van der Waals surface area contributed by atoms with Gasteiger partial charge in [-0.25, -0.2) is 0 Å². The third kappa shape index (κ3) is 4.01. The van der Waals surface area contributed by atoms with Gasteiger partial charge in [-0.15, -0.1) is 0 Å². The van der Waals surface area contributed by atoms with Crippen molar-refractivity contribution in [2.45, 2.75) is 25.4 Å². The predicted molar refractivity (Wildman–Crippen MR) is 108 cm³/mol. The van der Waals surface area contributed by atoms with Gasteiger partial charge in [0.2, 0.25) is 0 Å². The molecule has 28 heavy (non-hydrogen) atoms. The number of nitriles is 1. The van der Waals surface area contributed by atoms with Crippen molar-refractivity contribution in [3.8, 4) is 6.07 Å². The zero-order valence-electron chi connectivity index (χ0n) is 14.9. The number of ketones is 1. The van der Waals surface area contributed by atoms with Gasteiger partial charge in [0.25, 0.3) is 5.91 Å². The first-order chi connectivity index (χ1) is 13.4. The zero-order valence-corrected chi connectivity index (χ0v) is 16.4. The maximum Gasteiger partial charge on any atom is 0.268 e. The molecular formula is C20H16Cl2N4O2. The van der Waals surface area contributed by atoms with E-state index in [0.717, 1.165) is 0 Å². The third-order valence-corrected chi connectivity index (χ3v) is 5.19. The Morgan fingerprint density at radius 2 is 1.93 bits per heavy atom. The number of para-hydroxylation sites is 1. The van der Waals surface area contributed by atoms with Crippen LogP contribution in [-0.2, 0) is 9.59 Å². The molecule has 0 saturated carbocycles. The molecule has 0 bridgehead atoms. The summed E-state index contributed by atoms with van der Waals surface area (Å²) in [6.07, 6.45) is 0.150. The molecule has 1 aliphatic rings. The molecule has 2 unspecified atom stereocenters. The molecule has 2 aromatic rings. The van der Waals surface area contributed by atoms with Crippen molar-refractivity contribution in [3.05, 3.63) is 64.1 Å². The maximum absolute atomic E-state index is 12.7. The van der Waals surface area contributed by atoms with E-state index < -0.39 is 18.0 Å². The Kier molecular flexibility index (Phi) is 5.98. The van der Waals surface area contributed by atoms with Crippen LogP contribution in [0.3, 0.4) is 0 Å². The lowest BCUT2D eigenvalue weighted by Crippen LogP contribution is -2.35. The first kappa shape index (κ1) is 19.9. The predicted octanol–water partition coefficient (Wildman–Crippen LogP) is 3.90. The van der Waals surface area contributed by atoms with Crippen molar-refractivity contribution in [1.82, 2.24) is 5.32 Å². The van der Waals surface area contributed by atoms with Gasteiger partial charge in [0.15, 0.2) is 5.78 Å². The van der Waals surface area contributed by atoms with Crippen molar-refractivity contribution in [2.24, 2.45) is 5.10 Å². The molecule has 0 aromatic heterocycles. The standard InChI is InChI=1S/C20H16Cl2N4O2/c1-12(27)18-10-16(25-26(18)13-6-3-2-4-7-13)20(28)24-17(11-23)14-8-5-9-15(21)19(14)22/h2-9,17-18H,10H2,1H3,(H,24,28). The van der Waals surface area contributed by atoms with Crippen LogP contribution in [0, 0.1) is 11.3 Å². The lowest BCUT2D eigenvalue weighted by Gasteiger charge is -2.20. The summed E-state index contributed by atoms with van der Waals surface area (Å²) in [4.78, 5) is 24.8. The molecule has 0 spiro atoms. The summed E-state index contributed by atoms with van der Waals surface area (Å²) in [5.74, 6) is -0.641. The highest BCUT2D eigenvalue weighted by Crippen LogP contribution is 2.30. The normalized spacial score (nSPS) is 16.9. The number of hydrogen-bond donors (Lipinski definition) is 1. The van der Waals surface area contributed by atoms with Gasteiger partial charge >= 0.3 is 0 Å². The number of anilines is 1. The fraction of sp³-hybridized carbons (Fsp3) is 0.200. The highest BCUT2D eigenvalue weighted by Gasteiger charge is 2.35. The van der Waals surface area contributed by atoms with Gasteiger partial charge in [-0.2, -0.15) is 10.4 Å². The minimum Gasteiger partial charge on any atom is -0.331 e. The van der Waals surface area contributed by atoms with E-state index in [0.29, 0.717) is 16.3 Å². The smallest absolute Gasteiger partial charge is 0.268 e. The van der Waals surface area contributed by atoms with Crippen LogP contribution in [0.15, 0.2) is 53.6 Å². The molecule has 0 fully saturated rings. The van der Waals surface area contributed by atoms with Crippen LogP contribution < -0.4 is 10.3 Å². The van der Waals surface area contributed by atoms with Gasteiger partial charge in [0.05, 0.1) is 21.8 Å². The minimum absolute atomic E-state index is 0.106. The van der Waals surface area contributed by atoms with Gasteiger partial charge in [-0.1, -0.05) is 53.5 Å². The van der Waals surface area contributed by atoms with Crippen molar-refractivity contribution in [3.63, 3.8) is 0 Å². The molecule has 6 nitrogen and oxygen atoms in total. The summed E-state index contributed by atoms with van der Waals surface area (Å²) in [5.41, 5.74) is 1.27. The van der Waals surface area contributed by atoms with E-state index in [4.69, 9.17) is 23.2 Å². The second-order valence-electron chi connectivity index (χ2n) is 6.24. The number of hydrogen-bond acceptors (Lipinski definition) is 5. The van der Waals surface area contributed by atoms with Crippen LogP contribution in [0.25, 0.3) is 0 Å². The molecular weight excluding hydrogens is 399 g/mol. The lowest BCUT2D eigenvalue weighted by atomic mass is 10.0. The molecule has 0 saturated heterocycles. The number of benzene rings is 2. The molecule has 2 atom stereocenters. The van der Waals surface area contributed by atoms with Gasteiger partial charge < -0.3 is 5.32 Å². The Labute approximate surface area is 172 Å². The summed E-state index contributed by atoms with van der Waals surface area (Å²) < 4.78 is 0. The average Bonchev–Trinajstić information content (AvgIpc) is 3.15. The van der Waals surface area contributed by atoms with Gasteiger partial charge in [0, 0.05) is 12.0 Å². The van der Waals surface area contributed by atoms with Crippen molar-refractivity contribution >= 4 is 46.3 Å². The van der Waals surface area contributed by atoms with Crippen molar-refractivity contribution in [2.75, 3.05) is 5.01 Å². The van der Waals surface area contributed by atoms with Crippen LogP contribution in [0.1, 0.15) is 24.9 Å². The maximum atomic E-state index is 12.7. The number of amides is 1. The summed E-state index contributed by atoms with van der Waals surface area (Å²) in [6.45, 7) is 1.46. The zero-order chi connectivity index (χ0) is 20.3. The molecule has 142 valence electrons. The van der Waals surface area contributed by atoms with Crippen LogP contribution in [0.4, 0.5) is 5.69 Å². The number of carbonyl (C=O) groups is 2. The molecule has 1 aliphatic heterocycles. The first-order valence-corrected chi connectivity index (χ1v) is 9.24. The fourth-order valence-electron chi connectivity index (χ4n) is 2.92. The molecule has 2 aromatic carbocycles. The topological polar surface area (TPSA) is 85.6 Å². The Balaban J connectivity index is 1.84. The summed E-state index contributed by atoms with van der Waals surface area (Å²) >= 11 is 12.2. The highest BCUT2D eigenvalue weighted by molar-refractivity contribution is 6.43. The molecule has 1 amide bonds. The summed E-state index contributed by atoms with van der Waals surface area (Å²) in [7, 11) is 0. The highest BCUT2D eigenvalue weighted by atomic mass is 35.5. The van der Waals surface area contributed by atoms with Gasteiger partial charge in [-0.3, -0.25) is 14.6 Å². The quantitative estimate of drug-likeness (QED) is 0.803. The van der Waals surface area contributed by atoms with E-state index in [2.05, 4.69) is 10.4 Å². The molecule has 8 heteroatoms. The third-order valence-electron chi connectivity index (χ3n) is 4.36. The van der Waals surface area contributed by atoms with E-state index in [1.165, 1.54) is 11.9 Å². The number of nitrogens with zero attached hydrogens (tertiary/aromatic N) is 3. The Morgan fingerprint density at radius 1 is 1.21 bits per heavy atom. The summed E-state index contributed by atoms with van der Waals surface area (Å²) in [5, 5.41) is 18.5. The van der Waals surface area contributed by atoms with Crippen molar-refractivity contribution < 1.29 is 9.59 Å². The molecule has 1 heterocycles. The Hall–Kier alpha value is -2.88.